The van der Waals surface area contributed by atoms with Crippen LogP contribution in [0.3, 0.4) is 0 Å². The third-order valence-corrected chi connectivity index (χ3v) is 5.81. The number of fused-ring (bicyclic) bond motifs is 1. The number of hydrogen-bond acceptors (Lipinski definition) is 3. The molecule has 0 spiro atoms. The van der Waals surface area contributed by atoms with Crippen LogP contribution >= 0.6 is 0 Å². The molecule has 1 unspecified atom stereocenters. The lowest BCUT2D eigenvalue weighted by Crippen LogP contribution is -2.22. The van der Waals surface area contributed by atoms with Crippen molar-refractivity contribution in [3.05, 3.63) is 59.4 Å². The lowest BCUT2D eigenvalue weighted by Gasteiger charge is -2.26. The Morgan fingerprint density at radius 2 is 1.92 bits per heavy atom. The molecule has 0 bridgehead atoms. The maximum Gasteiger partial charge on any atom is 0.261 e. The van der Waals surface area contributed by atoms with Crippen LogP contribution in [0, 0.1) is 5.82 Å². The highest BCUT2D eigenvalue weighted by Crippen LogP contribution is 2.33. The Morgan fingerprint density at radius 1 is 1.17 bits per heavy atom. The second-order valence-corrected chi connectivity index (χ2v) is 7.80. The molecular formula is C18H21FN2O2S. The largest absolute Gasteiger partial charge is 0.319 e. The first-order valence-electron chi connectivity index (χ1n) is 8.05. The number of aryl methyl sites for hydroxylation is 1. The average molecular weight is 348 g/mol. The first-order chi connectivity index (χ1) is 11.5. The van der Waals surface area contributed by atoms with Gasteiger partial charge in [-0.3, -0.25) is 4.72 Å². The van der Waals surface area contributed by atoms with Gasteiger partial charge in [-0.1, -0.05) is 6.07 Å². The van der Waals surface area contributed by atoms with Crippen LogP contribution < -0.4 is 10.0 Å². The van der Waals surface area contributed by atoms with Crippen LogP contribution in [-0.4, -0.2) is 22.0 Å². The minimum Gasteiger partial charge on any atom is -0.319 e. The van der Waals surface area contributed by atoms with Crippen LogP contribution in [0.25, 0.3) is 0 Å². The Labute approximate surface area is 142 Å². The van der Waals surface area contributed by atoms with Gasteiger partial charge in [-0.2, -0.15) is 0 Å². The van der Waals surface area contributed by atoms with E-state index in [0.717, 1.165) is 37.9 Å². The van der Waals surface area contributed by atoms with Crippen molar-refractivity contribution in [3.8, 4) is 0 Å². The summed E-state index contributed by atoms with van der Waals surface area (Å²) in [7, 11) is -1.79. The molecule has 1 atom stereocenters. The molecule has 2 aromatic carbocycles. The maximum atomic E-state index is 13.0. The summed E-state index contributed by atoms with van der Waals surface area (Å²) in [4.78, 5) is 0.0494. The van der Waals surface area contributed by atoms with Gasteiger partial charge in [-0.05, 0) is 79.8 Å². The van der Waals surface area contributed by atoms with E-state index in [0.29, 0.717) is 11.6 Å². The number of sulfonamides is 1. The monoisotopic (exact) mass is 348 g/mol. The molecule has 0 aliphatic heterocycles. The van der Waals surface area contributed by atoms with Gasteiger partial charge < -0.3 is 5.32 Å². The number of halogens is 1. The van der Waals surface area contributed by atoms with Crippen LogP contribution in [0.4, 0.5) is 10.1 Å². The second-order valence-electron chi connectivity index (χ2n) is 6.12. The van der Waals surface area contributed by atoms with Gasteiger partial charge in [0.25, 0.3) is 10.0 Å². The standard InChI is InChI=1S/C18H21FN2O2S/c1-20-12-14-4-2-3-13-5-8-16(11-18(13)14)21-24(22,23)17-9-6-15(19)7-10-17/h5-11,14,20-21H,2-4,12H2,1H3. The zero-order valence-corrected chi connectivity index (χ0v) is 14.4. The van der Waals surface area contributed by atoms with Gasteiger partial charge in [0.05, 0.1) is 4.90 Å². The van der Waals surface area contributed by atoms with Crippen LogP contribution in [0.1, 0.15) is 29.9 Å². The Bertz CT molecular complexity index is 819. The highest BCUT2D eigenvalue weighted by Gasteiger charge is 2.21. The van der Waals surface area contributed by atoms with Gasteiger partial charge >= 0.3 is 0 Å². The van der Waals surface area contributed by atoms with Crippen LogP contribution in [0.5, 0.6) is 0 Å². The maximum absolute atomic E-state index is 13.0. The molecule has 6 heteroatoms. The van der Waals surface area contributed by atoms with Crippen molar-refractivity contribution < 1.29 is 12.8 Å². The fraction of sp³-hybridized carbons (Fsp3) is 0.333. The summed E-state index contributed by atoms with van der Waals surface area (Å²) in [5, 5.41) is 3.20. The van der Waals surface area contributed by atoms with Gasteiger partial charge in [-0.15, -0.1) is 0 Å². The lowest BCUT2D eigenvalue weighted by atomic mass is 9.82. The van der Waals surface area contributed by atoms with E-state index in [9.17, 15) is 12.8 Å². The van der Waals surface area contributed by atoms with E-state index in [1.807, 2.05) is 19.2 Å². The number of likely N-dealkylation sites (N-methyl/N-ethyl adjacent to an activating group) is 1. The van der Waals surface area contributed by atoms with Crippen molar-refractivity contribution in [2.24, 2.45) is 0 Å². The number of benzene rings is 2. The zero-order chi connectivity index (χ0) is 17.2. The van der Waals surface area contributed by atoms with E-state index in [4.69, 9.17) is 0 Å². The Kier molecular flexibility index (Phi) is 4.87. The summed E-state index contributed by atoms with van der Waals surface area (Å²) in [5.74, 6) is -0.0633. The Balaban J connectivity index is 1.88. The number of hydrogen-bond donors (Lipinski definition) is 2. The summed E-state index contributed by atoms with van der Waals surface area (Å²) in [6.45, 7) is 0.876. The molecule has 0 fully saturated rings. The summed E-state index contributed by atoms with van der Waals surface area (Å²) in [6, 6.07) is 10.5. The van der Waals surface area contributed by atoms with E-state index < -0.39 is 15.8 Å². The fourth-order valence-electron chi connectivity index (χ4n) is 3.25. The van der Waals surface area contributed by atoms with Gasteiger partial charge in [0.15, 0.2) is 0 Å². The first-order valence-corrected chi connectivity index (χ1v) is 9.54. The van der Waals surface area contributed by atoms with Gasteiger partial charge in [0.1, 0.15) is 5.82 Å². The van der Waals surface area contributed by atoms with Gasteiger partial charge in [0, 0.05) is 12.2 Å². The Morgan fingerprint density at radius 3 is 2.62 bits per heavy atom. The number of anilines is 1. The molecule has 2 aromatic rings. The van der Waals surface area contributed by atoms with Crippen molar-refractivity contribution in [2.45, 2.75) is 30.1 Å². The topological polar surface area (TPSA) is 58.2 Å². The van der Waals surface area contributed by atoms with Crippen LogP contribution in [-0.2, 0) is 16.4 Å². The average Bonchev–Trinajstić information content (AvgIpc) is 2.56. The van der Waals surface area contributed by atoms with Gasteiger partial charge in [-0.25, -0.2) is 12.8 Å². The SMILES string of the molecule is CNCC1CCCc2ccc(NS(=O)(=O)c3ccc(F)cc3)cc21. The van der Waals surface area contributed by atoms with E-state index >= 15 is 0 Å². The molecule has 0 aromatic heterocycles. The molecule has 0 heterocycles. The quantitative estimate of drug-likeness (QED) is 0.872. The van der Waals surface area contributed by atoms with E-state index in [2.05, 4.69) is 10.0 Å². The lowest BCUT2D eigenvalue weighted by molar-refractivity contribution is 0.529. The molecule has 4 nitrogen and oxygen atoms in total. The molecule has 0 saturated carbocycles. The molecule has 0 saturated heterocycles. The van der Waals surface area contributed by atoms with Crippen molar-refractivity contribution in [2.75, 3.05) is 18.3 Å². The van der Waals surface area contributed by atoms with Crippen LogP contribution in [0.2, 0.25) is 0 Å². The second kappa shape index (κ2) is 6.91. The fourth-order valence-corrected chi connectivity index (χ4v) is 4.30. The smallest absolute Gasteiger partial charge is 0.261 e. The summed E-state index contributed by atoms with van der Waals surface area (Å²) in [6.07, 6.45) is 3.28. The van der Waals surface area contributed by atoms with E-state index in [-0.39, 0.29) is 4.90 Å². The zero-order valence-electron chi connectivity index (χ0n) is 13.5. The van der Waals surface area contributed by atoms with E-state index in [1.165, 1.54) is 23.3 Å². The molecule has 0 radical (unpaired) electrons. The number of nitrogens with one attached hydrogen (secondary N) is 2. The molecule has 128 valence electrons. The summed E-state index contributed by atoms with van der Waals surface area (Å²) >= 11 is 0. The summed E-state index contributed by atoms with van der Waals surface area (Å²) < 4.78 is 40.5. The highest BCUT2D eigenvalue weighted by molar-refractivity contribution is 7.92. The Hall–Kier alpha value is -1.92. The molecule has 1 aliphatic carbocycles. The number of rotatable bonds is 5. The first kappa shape index (κ1) is 16.9. The highest BCUT2D eigenvalue weighted by atomic mass is 32.2. The van der Waals surface area contributed by atoms with Gasteiger partial charge in [0.2, 0.25) is 0 Å². The van der Waals surface area contributed by atoms with Crippen molar-refractivity contribution in [1.29, 1.82) is 0 Å². The predicted molar refractivity (Wildman–Crippen MR) is 93.3 cm³/mol. The molecular weight excluding hydrogens is 327 g/mol. The van der Waals surface area contributed by atoms with Crippen molar-refractivity contribution in [3.63, 3.8) is 0 Å². The van der Waals surface area contributed by atoms with E-state index in [1.54, 1.807) is 6.07 Å². The molecule has 0 amide bonds. The molecule has 24 heavy (non-hydrogen) atoms. The van der Waals surface area contributed by atoms with Crippen LogP contribution in [0.15, 0.2) is 47.4 Å². The molecule has 2 N–H and O–H groups in total. The minimum atomic E-state index is -3.72. The minimum absolute atomic E-state index is 0.0494. The van der Waals surface area contributed by atoms with Crippen molar-refractivity contribution >= 4 is 15.7 Å². The molecule has 1 aliphatic rings. The molecule has 3 rings (SSSR count). The normalized spacial score (nSPS) is 17.3. The summed E-state index contributed by atoms with van der Waals surface area (Å²) in [5.41, 5.74) is 3.03. The third kappa shape index (κ3) is 3.60. The third-order valence-electron chi connectivity index (χ3n) is 4.41. The van der Waals surface area contributed by atoms with Crippen molar-refractivity contribution in [1.82, 2.24) is 5.32 Å². The predicted octanol–water partition coefficient (Wildman–Crippen LogP) is 3.27.